The normalized spacial score (nSPS) is 12.3. The molecule has 0 amide bonds. The molecule has 0 aliphatic carbocycles. The van der Waals surface area contributed by atoms with Crippen LogP contribution in [-0.4, -0.2) is 9.97 Å². The third kappa shape index (κ3) is 3.66. The smallest absolute Gasteiger partial charge is 0.324 e. The number of anilines is 2. The van der Waals surface area contributed by atoms with Crippen LogP contribution in [0.4, 0.5) is 38.0 Å². The third-order valence-electron chi connectivity index (χ3n) is 2.62. The van der Waals surface area contributed by atoms with E-state index in [2.05, 4.69) is 15.3 Å². The number of para-hydroxylation sites is 1. The van der Waals surface area contributed by atoms with Gasteiger partial charge in [0.05, 0.1) is 11.3 Å². The molecule has 2 rings (SSSR count). The molecule has 2 aromatic rings. The molecule has 0 aliphatic heterocycles. The van der Waals surface area contributed by atoms with E-state index < -0.39 is 35.2 Å². The van der Waals surface area contributed by atoms with Crippen LogP contribution in [0.2, 0.25) is 0 Å². The van der Waals surface area contributed by atoms with E-state index in [0.29, 0.717) is 6.07 Å². The van der Waals surface area contributed by atoms with E-state index in [-0.39, 0.29) is 5.69 Å². The zero-order valence-electron chi connectivity index (χ0n) is 11.0. The lowest BCUT2D eigenvalue weighted by Crippen LogP contribution is -2.13. The van der Waals surface area contributed by atoms with Crippen LogP contribution >= 0.6 is 0 Å². The molecule has 0 saturated carbocycles. The number of hydrogen-bond acceptors (Lipinski definition) is 3. The van der Waals surface area contributed by atoms with Gasteiger partial charge in [0.25, 0.3) is 0 Å². The highest BCUT2D eigenvalue weighted by molar-refractivity contribution is 5.59. The monoisotopic (exact) mass is 321 g/mol. The van der Waals surface area contributed by atoms with Crippen LogP contribution < -0.4 is 5.32 Å². The molecule has 1 N–H and O–H groups in total. The molecule has 0 fully saturated rings. The number of nitrogens with one attached hydrogen (secondary N) is 1. The quantitative estimate of drug-likeness (QED) is 0.824. The molecule has 0 atom stereocenters. The van der Waals surface area contributed by atoms with Crippen LogP contribution in [0, 0.1) is 6.92 Å². The number of hydrogen-bond donors (Lipinski definition) is 1. The number of rotatable bonds is 2. The molecule has 0 spiro atoms. The summed E-state index contributed by atoms with van der Waals surface area (Å²) in [7, 11) is 0. The van der Waals surface area contributed by atoms with Gasteiger partial charge in [0.15, 0.2) is 0 Å². The van der Waals surface area contributed by atoms with Gasteiger partial charge in [-0.1, -0.05) is 12.1 Å². The molecule has 9 heteroatoms. The maximum absolute atomic E-state index is 12.8. The summed E-state index contributed by atoms with van der Waals surface area (Å²) in [5, 5.41) is 2.19. The second kappa shape index (κ2) is 5.47. The maximum Gasteiger partial charge on any atom is 0.433 e. The van der Waals surface area contributed by atoms with Gasteiger partial charge in [0.1, 0.15) is 5.69 Å². The Morgan fingerprint density at radius 1 is 0.909 bits per heavy atom. The Labute approximate surface area is 121 Å². The van der Waals surface area contributed by atoms with Crippen molar-refractivity contribution in [2.75, 3.05) is 5.32 Å². The number of aromatic nitrogens is 2. The van der Waals surface area contributed by atoms with Crippen LogP contribution in [0.15, 0.2) is 30.3 Å². The number of aryl methyl sites for hydroxylation is 1. The minimum absolute atomic E-state index is 0.0192. The lowest BCUT2D eigenvalue weighted by atomic mass is 10.1. The van der Waals surface area contributed by atoms with Gasteiger partial charge < -0.3 is 5.32 Å². The largest absolute Gasteiger partial charge is 0.433 e. The van der Waals surface area contributed by atoms with E-state index in [1.54, 1.807) is 0 Å². The Morgan fingerprint density at radius 3 is 2.14 bits per heavy atom. The van der Waals surface area contributed by atoms with Crippen LogP contribution in [-0.2, 0) is 12.4 Å². The minimum atomic E-state index is -4.71. The van der Waals surface area contributed by atoms with E-state index in [4.69, 9.17) is 0 Å². The Kier molecular flexibility index (Phi) is 3.99. The summed E-state index contributed by atoms with van der Waals surface area (Å²) in [5.74, 6) is -0.552. The van der Waals surface area contributed by atoms with E-state index in [1.165, 1.54) is 19.1 Å². The topological polar surface area (TPSA) is 37.8 Å². The summed E-state index contributed by atoms with van der Waals surface area (Å²) < 4.78 is 76.5. The summed E-state index contributed by atoms with van der Waals surface area (Å²) in [4.78, 5) is 6.88. The molecule has 0 aliphatic rings. The lowest BCUT2D eigenvalue weighted by Gasteiger charge is -2.14. The van der Waals surface area contributed by atoms with Crippen LogP contribution in [0.5, 0.6) is 0 Å². The molecule has 0 saturated heterocycles. The van der Waals surface area contributed by atoms with Crippen molar-refractivity contribution in [3.63, 3.8) is 0 Å². The van der Waals surface area contributed by atoms with Crippen molar-refractivity contribution < 1.29 is 26.3 Å². The first kappa shape index (κ1) is 16.1. The van der Waals surface area contributed by atoms with Gasteiger partial charge in [0, 0.05) is 5.69 Å². The fourth-order valence-corrected chi connectivity index (χ4v) is 1.73. The molecule has 0 unspecified atom stereocenters. The minimum Gasteiger partial charge on any atom is -0.324 e. The summed E-state index contributed by atoms with van der Waals surface area (Å²) in [6.45, 7) is 1.29. The van der Waals surface area contributed by atoms with E-state index in [9.17, 15) is 26.3 Å². The first-order valence-corrected chi connectivity index (χ1v) is 5.93. The predicted molar refractivity (Wildman–Crippen MR) is 66.5 cm³/mol. The van der Waals surface area contributed by atoms with E-state index >= 15 is 0 Å². The van der Waals surface area contributed by atoms with Gasteiger partial charge in [-0.25, -0.2) is 9.97 Å². The van der Waals surface area contributed by atoms with Crippen LogP contribution in [0.1, 0.15) is 17.0 Å². The predicted octanol–water partition coefficient (Wildman–Crippen LogP) is 4.57. The van der Waals surface area contributed by atoms with Crippen molar-refractivity contribution in [3.8, 4) is 0 Å². The Balaban J connectivity index is 2.43. The van der Waals surface area contributed by atoms with Crippen molar-refractivity contribution in [2.45, 2.75) is 19.3 Å². The SMILES string of the molecule is Cc1cc(C(F)(F)F)nc(Nc2ccccc2C(F)(F)F)n1. The standard InChI is InChI=1S/C13H9F6N3/c1-7-6-10(13(17,18)19)22-11(20-7)21-9-5-3-2-4-8(9)12(14,15)16/h2-6H,1H3,(H,20,21,22). The molecular formula is C13H9F6N3. The number of benzene rings is 1. The van der Waals surface area contributed by atoms with Crippen molar-refractivity contribution in [3.05, 3.63) is 47.3 Å². The Hall–Kier alpha value is -2.32. The van der Waals surface area contributed by atoms with Crippen molar-refractivity contribution in [2.24, 2.45) is 0 Å². The number of alkyl halides is 6. The van der Waals surface area contributed by atoms with Gasteiger partial charge in [-0.2, -0.15) is 26.3 Å². The third-order valence-corrected chi connectivity index (χ3v) is 2.62. The summed E-state index contributed by atoms with van der Waals surface area (Å²) in [6, 6.07) is 5.09. The average molecular weight is 321 g/mol. The van der Waals surface area contributed by atoms with Crippen LogP contribution in [0.25, 0.3) is 0 Å². The summed E-state index contributed by atoms with van der Waals surface area (Å²) in [6.07, 6.45) is -9.37. The van der Waals surface area contributed by atoms with Gasteiger partial charge in [-0.3, -0.25) is 0 Å². The molecule has 1 heterocycles. The van der Waals surface area contributed by atoms with Crippen molar-refractivity contribution in [1.82, 2.24) is 9.97 Å². The highest BCUT2D eigenvalue weighted by Gasteiger charge is 2.35. The van der Waals surface area contributed by atoms with E-state index in [0.717, 1.165) is 12.1 Å². The van der Waals surface area contributed by atoms with Gasteiger partial charge in [-0.15, -0.1) is 0 Å². The molecule has 118 valence electrons. The molecular weight excluding hydrogens is 312 g/mol. The highest BCUT2D eigenvalue weighted by atomic mass is 19.4. The fourth-order valence-electron chi connectivity index (χ4n) is 1.73. The summed E-state index contributed by atoms with van der Waals surface area (Å²) in [5.41, 5.74) is -2.69. The fraction of sp³-hybridized carbons (Fsp3) is 0.231. The molecule has 22 heavy (non-hydrogen) atoms. The van der Waals surface area contributed by atoms with Gasteiger partial charge in [-0.05, 0) is 25.1 Å². The Morgan fingerprint density at radius 2 is 1.55 bits per heavy atom. The molecule has 1 aromatic heterocycles. The first-order valence-electron chi connectivity index (χ1n) is 5.93. The molecule has 0 bridgehead atoms. The van der Waals surface area contributed by atoms with Gasteiger partial charge >= 0.3 is 12.4 Å². The molecule has 3 nitrogen and oxygen atoms in total. The van der Waals surface area contributed by atoms with Gasteiger partial charge in [0.2, 0.25) is 5.95 Å². The lowest BCUT2D eigenvalue weighted by molar-refractivity contribution is -0.141. The highest BCUT2D eigenvalue weighted by Crippen LogP contribution is 2.36. The van der Waals surface area contributed by atoms with Crippen molar-refractivity contribution in [1.29, 1.82) is 0 Å². The number of halogens is 6. The zero-order chi connectivity index (χ0) is 16.5. The second-order valence-electron chi connectivity index (χ2n) is 4.38. The molecule has 0 radical (unpaired) electrons. The second-order valence-corrected chi connectivity index (χ2v) is 4.38. The maximum atomic E-state index is 12.8. The van der Waals surface area contributed by atoms with Crippen molar-refractivity contribution >= 4 is 11.6 Å². The average Bonchev–Trinajstić information content (AvgIpc) is 2.36. The number of nitrogens with zero attached hydrogens (tertiary/aromatic N) is 2. The Bertz CT molecular complexity index is 678. The van der Waals surface area contributed by atoms with E-state index in [1.807, 2.05) is 0 Å². The summed E-state index contributed by atoms with van der Waals surface area (Å²) >= 11 is 0. The molecule has 1 aromatic carbocycles. The zero-order valence-corrected chi connectivity index (χ0v) is 11.0. The van der Waals surface area contributed by atoms with Crippen LogP contribution in [0.3, 0.4) is 0 Å². The first-order chi connectivity index (χ1) is 10.1.